The molecule has 9 rings (SSSR count). The second-order valence-electron chi connectivity index (χ2n) is 11.2. The Bertz CT molecular complexity index is 2110. The fourth-order valence-corrected chi connectivity index (χ4v) is 8.88. The maximum atomic E-state index is 2.49. The lowest BCUT2D eigenvalue weighted by molar-refractivity contribution is 0.786. The van der Waals surface area contributed by atoms with Gasteiger partial charge in [0.15, 0.2) is 0 Å². The maximum Gasteiger partial charge on any atom is 0.0587 e. The Labute approximate surface area is 250 Å². The molecule has 0 bridgehead atoms. The van der Waals surface area contributed by atoms with E-state index in [4.69, 9.17) is 0 Å². The second kappa shape index (κ2) is 9.37. The van der Waals surface area contributed by atoms with Gasteiger partial charge in [-0.2, -0.15) is 0 Å². The highest BCUT2D eigenvalue weighted by atomic mass is 32.2. The minimum absolute atomic E-state index is 0.310. The summed E-state index contributed by atoms with van der Waals surface area (Å²) in [6.07, 6.45) is 0. The van der Waals surface area contributed by atoms with E-state index in [1.165, 1.54) is 71.7 Å². The van der Waals surface area contributed by atoms with Gasteiger partial charge in [0, 0.05) is 38.3 Å². The van der Waals surface area contributed by atoms with E-state index in [0.717, 1.165) is 0 Å². The first kappa shape index (κ1) is 23.9. The first-order chi connectivity index (χ1) is 20.9. The van der Waals surface area contributed by atoms with Crippen molar-refractivity contribution in [2.75, 3.05) is 0 Å². The molecular weight excluding hydrogens is 527 g/mol. The summed E-state index contributed by atoms with van der Waals surface area (Å²) in [4.78, 5) is 1.42. The summed E-state index contributed by atoms with van der Waals surface area (Å²) >= 11 is 2.06. The molecule has 1 nitrogen and oxygen atoms in total. The summed E-state index contributed by atoms with van der Waals surface area (Å²) in [6.45, 7) is 0. The van der Waals surface area contributed by atoms with Gasteiger partial charge in [0.25, 0.3) is 0 Å². The van der Waals surface area contributed by atoms with Gasteiger partial charge in [0.1, 0.15) is 0 Å². The molecule has 0 saturated heterocycles. The average molecular weight is 554 g/mol. The highest BCUT2D eigenvalue weighted by molar-refractivity contribution is 8.00. The normalized spacial score (nSPS) is 16.5. The van der Waals surface area contributed by atoms with Crippen molar-refractivity contribution in [3.05, 3.63) is 168 Å². The van der Waals surface area contributed by atoms with Gasteiger partial charge in [-0.3, -0.25) is 0 Å². The minimum atomic E-state index is 0.310. The molecule has 1 aromatic heterocycles. The zero-order valence-electron chi connectivity index (χ0n) is 22.9. The number of benzene rings is 6. The van der Waals surface area contributed by atoms with Crippen molar-refractivity contribution in [1.29, 1.82) is 0 Å². The van der Waals surface area contributed by atoms with E-state index in [1.54, 1.807) is 0 Å². The highest BCUT2D eigenvalue weighted by Gasteiger charge is 2.44. The number of aromatic nitrogens is 1. The van der Waals surface area contributed by atoms with E-state index in [-0.39, 0.29) is 0 Å². The molecule has 2 unspecified atom stereocenters. The molecule has 42 heavy (non-hydrogen) atoms. The molecule has 0 N–H and O–H groups in total. The Hall–Kier alpha value is -4.79. The van der Waals surface area contributed by atoms with Crippen molar-refractivity contribution in [1.82, 2.24) is 4.57 Å². The topological polar surface area (TPSA) is 4.93 Å². The highest BCUT2D eigenvalue weighted by Crippen LogP contribution is 2.65. The van der Waals surface area contributed by atoms with Gasteiger partial charge < -0.3 is 4.57 Å². The lowest BCUT2D eigenvalue weighted by atomic mass is 9.77. The number of para-hydroxylation sites is 2. The third-order valence-electron chi connectivity index (χ3n) is 8.99. The third-order valence-corrected chi connectivity index (χ3v) is 10.4. The Balaban J connectivity index is 1.25. The van der Waals surface area contributed by atoms with Gasteiger partial charge in [-0.1, -0.05) is 133 Å². The van der Waals surface area contributed by atoms with Gasteiger partial charge in [-0.05, 0) is 51.6 Å². The van der Waals surface area contributed by atoms with Crippen LogP contribution in [0.5, 0.6) is 0 Å². The summed E-state index contributed by atoms with van der Waals surface area (Å²) in [7, 11) is 0. The molecule has 2 atom stereocenters. The standard InChI is InChI=1S/C40H27NS/c1-3-12-26(13-4-1)27-22-24-28(25-23-27)30-19-11-20-34-36-31-16-7-8-17-32(31)38-37(40(36)42-39(30)34)33-18-9-10-21-35(33)41(38)29-14-5-2-6-15-29/h1-25,36,40H. The van der Waals surface area contributed by atoms with Crippen LogP contribution in [-0.2, 0) is 0 Å². The number of fused-ring (bicyclic) bond motifs is 10. The summed E-state index contributed by atoms with van der Waals surface area (Å²) in [5.74, 6) is 0.312. The van der Waals surface area contributed by atoms with Crippen molar-refractivity contribution in [2.45, 2.75) is 16.1 Å². The maximum absolute atomic E-state index is 2.49. The molecule has 2 heteroatoms. The molecule has 0 saturated carbocycles. The number of nitrogens with zero attached hydrogens (tertiary/aromatic N) is 1. The van der Waals surface area contributed by atoms with Crippen LogP contribution in [0.25, 0.3) is 50.1 Å². The third kappa shape index (κ3) is 3.45. The van der Waals surface area contributed by atoms with Crippen LogP contribution in [0.1, 0.15) is 27.9 Å². The van der Waals surface area contributed by atoms with Crippen molar-refractivity contribution in [3.63, 3.8) is 0 Å². The fourth-order valence-electron chi connectivity index (χ4n) is 7.19. The van der Waals surface area contributed by atoms with Gasteiger partial charge in [-0.15, -0.1) is 11.8 Å². The van der Waals surface area contributed by atoms with Crippen LogP contribution in [-0.4, -0.2) is 4.57 Å². The van der Waals surface area contributed by atoms with Gasteiger partial charge in [-0.25, -0.2) is 0 Å². The number of hydrogen-bond donors (Lipinski definition) is 0. The van der Waals surface area contributed by atoms with E-state index in [9.17, 15) is 0 Å². The van der Waals surface area contributed by atoms with Crippen LogP contribution in [0.2, 0.25) is 0 Å². The molecular formula is C40H27NS. The molecule has 0 fully saturated rings. The first-order valence-corrected chi connectivity index (χ1v) is 15.5. The van der Waals surface area contributed by atoms with Crippen molar-refractivity contribution in [3.8, 4) is 39.2 Å². The number of hydrogen-bond acceptors (Lipinski definition) is 1. The molecule has 0 amide bonds. The smallest absolute Gasteiger partial charge is 0.0587 e. The van der Waals surface area contributed by atoms with E-state index >= 15 is 0 Å². The molecule has 2 aliphatic rings. The van der Waals surface area contributed by atoms with Crippen LogP contribution < -0.4 is 0 Å². The molecule has 2 heterocycles. The Kier molecular flexibility index (Phi) is 5.33. The van der Waals surface area contributed by atoms with Gasteiger partial charge in [0.2, 0.25) is 0 Å². The van der Waals surface area contributed by atoms with E-state index < -0.39 is 0 Å². The first-order valence-electron chi connectivity index (χ1n) is 14.6. The van der Waals surface area contributed by atoms with Crippen LogP contribution in [0.15, 0.2) is 157 Å². The van der Waals surface area contributed by atoms with Crippen LogP contribution in [0.4, 0.5) is 0 Å². The van der Waals surface area contributed by atoms with Crippen LogP contribution in [0.3, 0.4) is 0 Å². The molecule has 198 valence electrons. The molecule has 0 spiro atoms. The predicted octanol–water partition coefficient (Wildman–Crippen LogP) is 10.9. The minimum Gasteiger partial charge on any atom is -0.309 e. The molecule has 7 aromatic rings. The largest absolute Gasteiger partial charge is 0.309 e. The molecule has 1 aliphatic heterocycles. The van der Waals surface area contributed by atoms with E-state index in [2.05, 4.69) is 168 Å². The quantitative estimate of drug-likeness (QED) is 0.211. The molecule has 0 radical (unpaired) electrons. The van der Waals surface area contributed by atoms with E-state index in [1.807, 2.05) is 0 Å². The fraction of sp³-hybridized carbons (Fsp3) is 0.0500. The van der Waals surface area contributed by atoms with Crippen LogP contribution in [0, 0.1) is 0 Å². The van der Waals surface area contributed by atoms with Gasteiger partial charge in [0.05, 0.1) is 11.2 Å². The Morgan fingerprint density at radius 2 is 1.10 bits per heavy atom. The van der Waals surface area contributed by atoms with Crippen molar-refractivity contribution < 1.29 is 0 Å². The second-order valence-corrected chi connectivity index (χ2v) is 12.4. The van der Waals surface area contributed by atoms with Crippen LogP contribution >= 0.6 is 11.8 Å². The molecule has 1 aliphatic carbocycles. The number of thioether (sulfide) groups is 1. The summed E-state index contributed by atoms with van der Waals surface area (Å²) < 4.78 is 2.49. The van der Waals surface area contributed by atoms with Crippen molar-refractivity contribution >= 4 is 22.7 Å². The zero-order chi connectivity index (χ0) is 27.6. The summed E-state index contributed by atoms with van der Waals surface area (Å²) in [6, 6.07) is 55.6. The lowest BCUT2D eigenvalue weighted by Gasteiger charge is -2.30. The zero-order valence-corrected chi connectivity index (χ0v) is 23.8. The average Bonchev–Trinajstić information content (AvgIpc) is 3.63. The predicted molar refractivity (Wildman–Crippen MR) is 176 cm³/mol. The molecule has 6 aromatic carbocycles. The SMILES string of the molecule is c1ccc(-c2ccc(-c3cccc4c3SC3c5c(n(-c6ccccc6)c6ccccc56)-c5ccccc5C43)cc2)cc1. The summed E-state index contributed by atoms with van der Waals surface area (Å²) in [5.41, 5.74) is 14.6. The number of rotatable bonds is 3. The summed E-state index contributed by atoms with van der Waals surface area (Å²) in [5, 5.41) is 1.67. The van der Waals surface area contributed by atoms with E-state index in [0.29, 0.717) is 11.2 Å². The monoisotopic (exact) mass is 553 g/mol. The van der Waals surface area contributed by atoms with Gasteiger partial charge >= 0.3 is 0 Å². The lowest BCUT2D eigenvalue weighted by Crippen LogP contribution is -2.14. The Morgan fingerprint density at radius 3 is 1.93 bits per heavy atom. The Morgan fingerprint density at radius 1 is 0.476 bits per heavy atom. The van der Waals surface area contributed by atoms with Crippen molar-refractivity contribution in [2.24, 2.45) is 0 Å².